The number of aromatic nitrogens is 1. The molecule has 1 amide bonds. The molecule has 1 aliphatic heterocycles. The van der Waals surface area contributed by atoms with Crippen molar-refractivity contribution in [2.45, 2.75) is 57.7 Å². The summed E-state index contributed by atoms with van der Waals surface area (Å²) in [4.78, 5) is 22.3. The van der Waals surface area contributed by atoms with Crippen LogP contribution in [-0.2, 0) is 28.9 Å². The number of ether oxygens (including phenoxy) is 2. The first-order valence-electron chi connectivity index (χ1n) is 14.5. The molecule has 2 fully saturated rings. The van der Waals surface area contributed by atoms with Gasteiger partial charge in [-0.05, 0) is 79.1 Å². The van der Waals surface area contributed by atoms with E-state index in [-0.39, 0.29) is 18.1 Å². The van der Waals surface area contributed by atoms with Gasteiger partial charge in [0, 0.05) is 43.9 Å². The fourth-order valence-electron chi connectivity index (χ4n) is 5.43. The molecule has 43 heavy (non-hydrogen) atoms. The van der Waals surface area contributed by atoms with Crippen molar-refractivity contribution in [2.24, 2.45) is 5.92 Å². The van der Waals surface area contributed by atoms with Crippen LogP contribution in [0.1, 0.15) is 41.5 Å². The highest BCUT2D eigenvalue weighted by Crippen LogP contribution is 2.36. The van der Waals surface area contributed by atoms with Crippen LogP contribution in [0.5, 0.6) is 5.75 Å². The minimum absolute atomic E-state index is 0.0673. The first-order valence-corrected chi connectivity index (χ1v) is 15.7. The second-order valence-electron chi connectivity index (χ2n) is 11.3. The molecule has 5 rings (SSSR count). The van der Waals surface area contributed by atoms with Crippen LogP contribution >= 0.6 is 34.8 Å². The fourth-order valence-corrected chi connectivity index (χ4v) is 6.29. The van der Waals surface area contributed by atoms with Crippen molar-refractivity contribution in [3.63, 3.8) is 0 Å². The number of nitriles is 1. The molecule has 2 aliphatic rings. The number of carbonyl (C=O) groups is 1. The van der Waals surface area contributed by atoms with E-state index in [0.29, 0.717) is 46.9 Å². The Morgan fingerprint density at radius 2 is 1.84 bits per heavy atom. The second-order valence-corrected chi connectivity index (χ2v) is 12.5. The highest BCUT2D eigenvalue weighted by molar-refractivity contribution is 6.37. The molecule has 2 aromatic carbocycles. The van der Waals surface area contributed by atoms with Gasteiger partial charge in [0.05, 0.1) is 29.3 Å². The predicted octanol–water partition coefficient (Wildman–Crippen LogP) is 7.07. The van der Waals surface area contributed by atoms with Gasteiger partial charge in [-0.25, -0.2) is 4.98 Å². The number of aryl methyl sites for hydroxylation is 1. The van der Waals surface area contributed by atoms with E-state index >= 15 is 0 Å². The summed E-state index contributed by atoms with van der Waals surface area (Å²) in [5.41, 5.74) is 3.81. The number of amides is 1. The topological polar surface area (TPSA) is 78.7 Å². The summed E-state index contributed by atoms with van der Waals surface area (Å²) < 4.78 is 11.4. The zero-order chi connectivity index (χ0) is 30.5. The first kappa shape index (κ1) is 31.4. The van der Waals surface area contributed by atoms with Gasteiger partial charge in [0.1, 0.15) is 17.8 Å². The van der Waals surface area contributed by atoms with E-state index in [1.807, 2.05) is 54.3 Å². The highest BCUT2D eigenvalue weighted by atomic mass is 35.5. The highest BCUT2D eigenvalue weighted by Gasteiger charge is 2.36. The van der Waals surface area contributed by atoms with Gasteiger partial charge in [-0.15, -0.1) is 0 Å². The molecular formula is C33H35Cl3N4O3. The number of anilines is 1. The lowest BCUT2D eigenvalue weighted by Gasteiger charge is -2.26. The van der Waals surface area contributed by atoms with Crippen LogP contribution in [0, 0.1) is 24.2 Å². The van der Waals surface area contributed by atoms with Gasteiger partial charge >= 0.3 is 0 Å². The number of halogens is 3. The molecule has 1 saturated carbocycles. The minimum atomic E-state index is -0.808. The van der Waals surface area contributed by atoms with E-state index in [9.17, 15) is 10.1 Å². The zero-order valence-corrected chi connectivity index (χ0v) is 26.6. The van der Waals surface area contributed by atoms with Crippen LogP contribution in [0.15, 0.2) is 48.7 Å². The van der Waals surface area contributed by atoms with Gasteiger partial charge in [0.2, 0.25) is 5.91 Å². The Bertz CT molecular complexity index is 1470. The second kappa shape index (κ2) is 14.2. The number of hydrogen-bond donors (Lipinski definition) is 0. The average Bonchev–Trinajstić information content (AvgIpc) is 3.73. The molecule has 0 bridgehead atoms. The van der Waals surface area contributed by atoms with Crippen molar-refractivity contribution in [2.75, 3.05) is 31.7 Å². The van der Waals surface area contributed by atoms with Gasteiger partial charge in [0.15, 0.2) is 5.75 Å². The Morgan fingerprint density at radius 3 is 2.49 bits per heavy atom. The predicted molar refractivity (Wildman–Crippen MR) is 170 cm³/mol. The van der Waals surface area contributed by atoms with Crippen LogP contribution in [0.3, 0.4) is 0 Å². The Labute approximate surface area is 268 Å². The normalized spacial score (nSPS) is 17.0. The number of methoxy groups -OCH3 is 1. The van der Waals surface area contributed by atoms with Crippen LogP contribution in [-0.4, -0.2) is 54.7 Å². The molecule has 2 heterocycles. The summed E-state index contributed by atoms with van der Waals surface area (Å²) in [7, 11) is 1.67. The van der Waals surface area contributed by atoms with E-state index in [2.05, 4.69) is 16.0 Å². The lowest BCUT2D eigenvalue weighted by Crippen LogP contribution is -2.38. The largest absolute Gasteiger partial charge is 0.485 e. The average molecular weight is 642 g/mol. The molecule has 0 radical (unpaired) electrons. The van der Waals surface area contributed by atoms with Crippen molar-refractivity contribution in [1.82, 2.24) is 9.88 Å². The number of carbonyl (C=O) groups excluding carboxylic acids is 1. The third-order valence-corrected chi connectivity index (χ3v) is 8.85. The van der Waals surface area contributed by atoms with Crippen molar-refractivity contribution in [1.29, 1.82) is 5.26 Å². The summed E-state index contributed by atoms with van der Waals surface area (Å²) in [5.74, 6) is 0.355. The lowest BCUT2D eigenvalue weighted by atomic mass is 9.99. The summed E-state index contributed by atoms with van der Waals surface area (Å²) >= 11 is 19.3. The maximum absolute atomic E-state index is 13.6. The van der Waals surface area contributed by atoms with Gasteiger partial charge in [0.25, 0.3) is 0 Å². The summed E-state index contributed by atoms with van der Waals surface area (Å²) in [5, 5.41) is 11.6. The molecule has 1 saturated heterocycles. The van der Waals surface area contributed by atoms with Crippen LogP contribution in [0.2, 0.25) is 15.1 Å². The molecule has 0 spiro atoms. The lowest BCUT2D eigenvalue weighted by molar-refractivity contribution is -0.135. The van der Waals surface area contributed by atoms with Crippen molar-refractivity contribution in [3.05, 3.63) is 86.0 Å². The van der Waals surface area contributed by atoms with Gasteiger partial charge < -0.3 is 19.3 Å². The van der Waals surface area contributed by atoms with Gasteiger partial charge in [-0.3, -0.25) is 4.79 Å². The summed E-state index contributed by atoms with van der Waals surface area (Å²) in [6, 6.07) is 15.8. The molecule has 0 N–H and O–H groups in total. The van der Waals surface area contributed by atoms with E-state index in [1.54, 1.807) is 13.3 Å². The van der Waals surface area contributed by atoms with Crippen LogP contribution in [0.4, 0.5) is 5.82 Å². The molecule has 7 nitrogen and oxygen atoms in total. The summed E-state index contributed by atoms with van der Waals surface area (Å²) in [6.45, 7) is 4.36. The molecule has 10 heteroatoms. The minimum Gasteiger partial charge on any atom is -0.485 e. The van der Waals surface area contributed by atoms with Crippen molar-refractivity contribution >= 4 is 46.5 Å². The van der Waals surface area contributed by atoms with E-state index < -0.39 is 5.92 Å². The Kier molecular flexibility index (Phi) is 10.4. The number of hydrogen-bond acceptors (Lipinski definition) is 6. The Hall–Kier alpha value is -3.02. The molecule has 3 aromatic rings. The SMILES string of the molecule is COCCc1ccc(Cl)c(CN(C(=O)[C@@H](C#N)Cc2ccc(N3CC[C@H](Oc4c(Cl)cc(C)cc4Cl)C3)nc2)C2CC2)c1. The smallest absolute Gasteiger partial charge is 0.240 e. The maximum Gasteiger partial charge on any atom is 0.240 e. The van der Waals surface area contributed by atoms with E-state index in [0.717, 1.165) is 60.3 Å². The number of rotatable bonds is 12. The first-order chi connectivity index (χ1) is 20.7. The van der Waals surface area contributed by atoms with Crippen LogP contribution < -0.4 is 9.64 Å². The fraction of sp³-hybridized carbons (Fsp3) is 0.424. The number of pyridine rings is 1. The Morgan fingerprint density at radius 1 is 1.09 bits per heavy atom. The zero-order valence-electron chi connectivity index (χ0n) is 24.4. The monoisotopic (exact) mass is 640 g/mol. The third-order valence-electron chi connectivity index (χ3n) is 7.92. The number of nitrogens with zero attached hydrogens (tertiary/aromatic N) is 4. The van der Waals surface area contributed by atoms with Crippen LogP contribution in [0.25, 0.3) is 0 Å². The van der Waals surface area contributed by atoms with Gasteiger partial charge in [-0.1, -0.05) is 53.0 Å². The molecule has 0 unspecified atom stereocenters. The Balaban J connectivity index is 1.20. The molecule has 1 aliphatic carbocycles. The van der Waals surface area contributed by atoms with Crippen molar-refractivity contribution < 1.29 is 14.3 Å². The van der Waals surface area contributed by atoms with E-state index in [1.165, 1.54) is 0 Å². The molecule has 226 valence electrons. The van der Waals surface area contributed by atoms with Gasteiger partial charge in [-0.2, -0.15) is 5.26 Å². The quantitative estimate of drug-likeness (QED) is 0.211. The molecular weight excluding hydrogens is 607 g/mol. The maximum atomic E-state index is 13.6. The molecule has 1 aromatic heterocycles. The summed E-state index contributed by atoms with van der Waals surface area (Å²) in [6.07, 6.45) is 5.43. The standard InChI is InChI=1S/C33H35Cl3N4O3/c1-21-13-29(35)32(30(36)14-21)43-27-9-11-39(20-27)31-8-4-23(18-38-31)16-24(17-37)33(41)40(26-5-6-26)19-25-15-22(10-12-42-2)3-7-28(25)34/h3-4,7-8,13-15,18,24,26-27H,5-6,9-12,16,19-20H2,1-2H3/t24-,27+/m1/s1. The number of benzene rings is 2. The van der Waals surface area contributed by atoms with Crippen molar-refractivity contribution in [3.8, 4) is 11.8 Å². The molecule has 2 atom stereocenters. The third kappa shape index (κ3) is 7.93. The van der Waals surface area contributed by atoms with E-state index in [4.69, 9.17) is 44.3 Å².